The van der Waals surface area contributed by atoms with Gasteiger partial charge in [-0.25, -0.2) is 0 Å². The van der Waals surface area contributed by atoms with E-state index in [1.807, 2.05) is 30.3 Å². The Morgan fingerprint density at radius 2 is 1.83 bits per heavy atom. The Bertz CT molecular complexity index is 466. The number of nitrogens with one attached hydrogen (secondary N) is 2. The minimum atomic E-state index is -0.800. The number of rotatable bonds is 5. The van der Waals surface area contributed by atoms with Gasteiger partial charge in [0, 0.05) is 7.05 Å². The van der Waals surface area contributed by atoms with Gasteiger partial charge in [0.25, 0.3) is 5.91 Å². The largest absolute Gasteiger partial charge is 0.358 e. The molecule has 5 heteroatoms. The van der Waals surface area contributed by atoms with Crippen molar-refractivity contribution >= 4 is 23.7 Å². The van der Waals surface area contributed by atoms with Crippen molar-refractivity contribution in [3.05, 3.63) is 42.0 Å². The lowest BCUT2D eigenvalue weighted by Gasteiger charge is -2.00. The second-order valence-corrected chi connectivity index (χ2v) is 3.46. The molecule has 0 spiro atoms. The molecular weight excluding hydrogens is 232 g/mol. The van der Waals surface area contributed by atoms with Crippen molar-refractivity contribution in [1.29, 1.82) is 0 Å². The zero-order valence-corrected chi connectivity index (χ0v) is 9.97. The lowest BCUT2D eigenvalue weighted by Crippen LogP contribution is -2.38. The summed E-state index contributed by atoms with van der Waals surface area (Å²) in [5.74, 6) is -1.85. The lowest BCUT2D eigenvalue weighted by atomic mass is 10.2. The zero-order chi connectivity index (χ0) is 13.4. The first kappa shape index (κ1) is 13.6. The van der Waals surface area contributed by atoms with Crippen LogP contribution in [0.1, 0.15) is 5.56 Å². The van der Waals surface area contributed by atoms with Gasteiger partial charge in [0.1, 0.15) is 0 Å². The van der Waals surface area contributed by atoms with Crippen LogP contribution in [0.4, 0.5) is 0 Å². The molecular formula is C13H14N2O3. The molecule has 0 aromatic heterocycles. The van der Waals surface area contributed by atoms with Gasteiger partial charge in [-0.2, -0.15) is 0 Å². The molecule has 0 saturated heterocycles. The van der Waals surface area contributed by atoms with E-state index in [4.69, 9.17) is 0 Å². The summed E-state index contributed by atoms with van der Waals surface area (Å²) >= 11 is 0. The van der Waals surface area contributed by atoms with Crippen LogP contribution in [-0.4, -0.2) is 31.2 Å². The van der Waals surface area contributed by atoms with Gasteiger partial charge >= 0.3 is 0 Å². The highest BCUT2D eigenvalue weighted by Crippen LogP contribution is 2.00. The van der Waals surface area contributed by atoms with E-state index in [1.165, 1.54) is 13.1 Å². The second-order valence-electron chi connectivity index (χ2n) is 3.46. The first-order chi connectivity index (χ1) is 8.63. The van der Waals surface area contributed by atoms with Crippen LogP contribution in [0.5, 0.6) is 0 Å². The van der Waals surface area contributed by atoms with Gasteiger partial charge in [-0.1, -0.05) is 36.4 Å². The first-order valence-corrected chi connectivity index (χ1v) is 5.39. The Labute approximate surface area is 105 Å². The highest BCUT2D eigenvalue weighted by Gasteiger charge is 2.10. The topological polar surface area (TPSA) is 75.3 Å². The minimum absolute atomic E-state index is 0.208. The minimum Gasteiger partial charge on any atom is -0.358 e. The average molecular weight is 246 g/mol. The monoisotopic (exact) mass is 246 g/mol. The van der Waals surface area contributed by atoms with E-state index >= 15 is 0 Å². The molecule has 0 fully saturated rings. The SMILES string of the molecule is CNC(=O)CNC(=O)C(=O)/C=C/c1ccccc1. The molecule has 0 aliphatic heterocycles. The summed E-state index contributed by atoms with van der Waals surface area (Å²) in [6.45, 7) is -0.208. The summed E-state index contributed by atoms with van der Waals surface area (Å²) in [6.07, 6.45) is 2.72. The van der Waals surface area contributed by atoms with Gasteiger partial charge in [0.05, 0.1) is 6.54 Å². The number of amides is 2. The number of likely N-dealkylation sites (N-methyl/N-ethyl adjacent to an activating group) is 1. The van der Waals surface area contributed by atoms with Crippen LogP contribution in [0.25, 0.3) is 6.08 Å². The molecule has 2 amide bonds. The summed E-state index contributed by atoms with van der Waals surface area (Å²) in [5, 5.41) is 4.55. The maximum absolute atomic E-state index is 11.4. The Morgan fingerprint density at radius 1 is 1.17 bits per heavy atom. The van der Waals surface area contributed by atoms with Gasteiger partial charge in [-0.15, -0.1) is 0 Å². The number of ketones is 1. The third-order valence-electron chi connectivity index (χ3n) is 2.14. The fourth-order valence-electron chi connectivity index (χ4n) is 1.15. The third-order valence-corrected chi connectivity index (χ3v) is 2.14. The van der Waals surface area contributed by atoms with Crippen molar-refractivity contribution in [1.82, 2.24) is 10.6 Å². The Morgan fingerprint density at radius 3 is 2.44 bits per heavy atom. The van der Waals surface area contributed by atoms with E-state index in [0.29, 0.717) is 0 Å². The van der Waals surface area contributed by atoms with Gasteiger partial charge in [-0.3, -0.25) is 14.4 Å². The molecule has 0 unspecified atom stereocenters. The van der Waals surface area contributed by atoms with Gasteiger partial charge in [-0.05, 0) is 11.6 Å². The molecule has 94 valence electrons. The lowest BCUT2D eigenvalue weighted by molar-refractivity contribution is -0.135. The summed E-state index contributed by atoms with van der Waals surface area (Å²) < 4.78 is 0. The molecule has 0 atom stereocenters. The van der Waals surface area contributed by atoms with E-state index in [2.05, 4.69) is 10.6 Å². The van der Waals surface area contributed by atoms with E-state index in [0.717, 1.165) is 5.56 Å². The Hall–Kier alpha value is -2.43. The van der Waals surface area contributed by atoms with Gasteiger partial charge < -0.3 is 10.6 Å². The van der Waals surface area contributed by atoms with Crippen LogP contribution in [0.3, 0.4) is 0 Å². The molecule has 0 radical (unpaired) electrons. The molecule has 1 aromatic rings. The van der Waals surface area contributed by atoms with E-state index < -0.39 is 11.7 Å². The summed E-state index contributed by atoms with van der Waals surface area (Å²) in [6, 6.07) is 9.14. The molecule has 0 aliphatic rings. The number of carbonyl (C=O) groups excluding carboxylic acids is 3. The molecule has 0 aliphatic carbocycles. The van der Waals surface area contributed by atoms with Crippen LogP contribution in [0.2, 0.25) is 0 Å². The van der Waals surface area contributed by atoms with Crippen LogP contribution in [0, 0.1) is 0 Å². The Balaban J connectivity index is 2.48. The van der Waals surface area contributed by atoms with E-state index in [9.17, 15) is 14.4 Å². The van der Waals surface area contributed by atoms with Crippen molar-refractivity contribution in [2.24, 2.45) is 0 Å². The smallest absolute Gasteiger partial charge is 0.292 e. The van der Waals surface area contributed by atoms with Crippen LogP contribution in [0.15, 0.2) is 36.4 Å². The normalized spacial score (nSPS) is 10.1. The predicted molar refractivity (Wildman–Crippen MR) is 67.6 cm³/mol. The fraction of sp³-hybridized carbons (Fsp3) is 0.154. The molecule has 1 aromatic carbocycles. The summed E-state index contributed by atoms with van der Waals surface area (Å²) in [5.41, 5.74) is 0.824. The second kappa shape index (κ2) is 7.01. The number of carbonyl (C=O) groups is 3. The zero-order valence-electron chi connectivity index (χ0n) is 9.97. The first-order valence-electron chi connectivity index (χ1n) is 5.39. The number of hydrogen-bond acceptors (Lipinski definition) is 3. The van der Waals surface area contributed by atoms with Crippen molar-refractivity contribution in [2.75, 3.05) is 13.6 Å². The van der Waals surface area contributed by atoms with Crippen molar-refractivity contribution in [3.63, 3.8) is 0 Å². The van der Waals surface area contributed by atoms with E-state index in [-0.39, 0.29) is 12.5 Å². The average Bonchev–Trinajstić information content (AvgIpc) is 2.42. The van der Waals surface area contributed by atoms with Gasteiger partial charge in [0.2, 0.25) is 11.7 Å². The molecule has 0 saturated carbocycles. The maximum Gasteiger partial charge on any atom is 0.292 e. The standard InChI is InChI=1S/C13H14N2O3/c1-14-12(17)9-15-13(18)11(16)8-7-10-5-3-2-4-6-10/h2-8H,9H2,1H3,(H,14,17)(H,15,18)/b8-7+. The number of hydrogen-bond donors (Lipinski definition) is 2. The molecule has 5 nitrogen and oxygen atoms in total. The van der Waals surface area contributed by atoms with Crippen LogP contribution in [-0.2, 0) is 14.4 Å². The fourth-order valence-corrected chi connectivity index (χ4v) is 1.15. The Kier molecular flexibility index (Phi) is 5.31. The maximum atomic E-state index is 11.4. The van der Waals surface area contributed by atoms with Crippen molar-refractivity contribution in [2.45, 2.75) is 0 Å². The van der Waals surface area contributed by atoms with Crippen molar-refractivity contribution < 1.29 is 14.4 Å². The molecule has 2 N–H and O–H groups in total. The summed E-state index contributed by atoms with van der Waals surface area (Å²) in [4.78, 5) is 33.5. The number of benzene rings is 1. The van der Waals surface area contributed by atoms with Crippen LogP contribution < -0.4 is 10.6 Å². The van der Waals surface area contributed by atoms with Gasteiger partial charge in [0.15, 0.2) is 0 Å². The van der Waals surface area contributed by atoms with Crippen molar-refractivity contribution in [3.8, 4) is 0 Å². The summed E-state index contributed by atoms with van der Waals surface area (Å²) in [7, 11) is 1.45. The van der Waals surface area contributed by atoms with E-state index in [1.54, 1.807) is 6.08 Å². The third kappa shape index (κ3) is 4.61. The quantitative estimate of drug-likeness (QED) is 0.573. The highest BCUT2D eigenvalue weighted by molar-refractivity contribution is 6.41. The predicted octanol–water partition coefficient (Wildman–Crippen LogP) is 0.131. The molecule has 18 heavy (non-hydrogen) atoms. The molecule has 0 heterocycles. The highest BCUT2D eigenvalue weighted by atomic mass is 16.2. The molecule has 1 rings (SSSR count). The van der Waals surface area contributed by atoms with Crippen LogP contribution >= 0.6 is 0 Å². The molecule has 0 bridgehead atoms.